The Kier molecular flexibility index (Phi) is 7.25. The predicted molar refractivity (Wildman–Crippen MR) is 106 cm³/mol. The molecule has 0 unspecified atom stereocenters. The van der Waals surface area contributed by atoms with Gasteiger partial charge in [0.1, 0.15) is 5.75 Å². The van der Waals surface area contributed by atoms with E-state index in [0.29, 0.717) is 13.0 Å². The van der Waals surface area contributed by atoms with E-state index in [2.05, 4.69) is 10.2 Å². The van der Waals surface area contributed by atoms with Gasteiger partial charge in [-0.2, -0.15) is 0 Å². The van der Waals surface area contributed by atoms with Crippen LogP contribution in [0.4, 0.5) is 0 Å². The quantitative estimate of drug-likeness (QED) is 0.703. The summed E-state index contributed by atoms with van der Waals surface area (Å²) in [5.41, 5.74) is 2.04. The number of aromatic hydroxyl groups is 1. The average molecular weight is 368 g/mol. The number of benzene rings is 2. The maximum atomic E-state index is 12.9. The Labute approximate surface area is 161 Å². The third-order valence-corrected chi connectivity index (χ3v) is 4.95. The van der Waals surface area contributed by atoms with Crippen molar-refractivity contribution >= 4 is 5.91 Å². The van der Waals surface area contributed by atoms with Gasteiger partial charge in [-0.15, -0.1) is 0 Å². The van der Waals surface area contributed by atoms with Crippen LogP contribution in [-0.4, -0.2) is 55.3 Å². The van der Waals surface area contributed by atoms with E-state index in [1.54, 1.807) is 12.1 Å². The first kappa shape index (κ1) is 19.4. The number of hydrogen-bond acceptors (Lipinski definition) is 4. The van der Waals surface area contributed by atoms with Crippen molar-refractivity contribution in [3.63, 3.8) is 0 Å². The summed E-state index contributed by atoms with van der Waals surface area (Å²) < 4.78 is 5.36. The minimum absolute atomic E-state index is 0.0521. The zero-order chi connectivity index (χ0) is 18.9. The first-order valence-electron chi connectivity index (χ1n) is 9.63. The van der Waals surface area contributed by atoms with Gasteiger partial charge in [-0.05, 0) is 42.6 Å². The van der Waals surface area contributed by atoms with E-state index in [4.69, 9.17) is 4.74 Å². The summed E-state index contributed by atoms with van der Waals surface area (Å²) in [4.78, 5) is 15.2. The second-order valence-electron chi connectivity index (χ2n) is 6.93. The number of phenolic OH excluding ortho intramolecular Hbond substituents is 1. The molecule has 1 atom stereocenters. The number of carbonyl (C=O) groups excluding carboxylic acids is 1. The zero-order valence-electron chi connectivity index (χ0n) is 15.6. The van der Waals surface area contributed by atoms with Crippen LogP contribution in [0.3, 0.4) is 0 Å². The molecule has 1 saturated heterocycles. The fraction of sp³-hybridized carbons (Fsp3) is 0.409. The standard InChI is InChI=1S/C22H28N2O3/c25-20-9-7-18(8-10-20)17-21(19-5-2-1-3-6-19)22(26)23-11-4-12-24-13-15-27-16-14-24/h1-3,5-10,21,25H,4,11-17H2,(H,23,26)/t21-/m0/s1. The highest BCUT2D eigenvalue weighted by Crippen LogP contribution is 2.22. The Morgan fingerprint density at radius 2 is 1.78 bits per heavy atom. The molecule has 2 aromatic rings. The largest absolute Gasteiger partial charge is 0.508 e. The first-order valence-corrected chi connectivity index (χ1v) is 9.63. The van der Waals surface area contributed by atoms with Crippen molar-refractivity contribution in [3.05, 3.63) is 65.7 Å². The lowest BCUT2D eigenvalue weighted by Gasteiger charge is -2.26. The van der Waals surface area contributed by atoms with Gasteiger partial charge in [0.2, 0.25) is 5.91 Å². The summed E-state index contributed by atoms with van der Waals surface area (Å²) in [7, 11) is 0. The molecule has 1 aliphatic heterocycles. The number of carbonyl (C=O) groups is 1. The topological polar surface area (TPSA) is 61.8 Å². The number of nitrogens with one attached hydrogen (secondary N) is 1. The van der Waals surface area contributed by atoms with Crippen LogP contribution in [-0.2, 0) is 16.0 Å². The molecule has 5 heteroatoms. The number of ether oxygens (including phenoxy) is 1. The highest BCUT2D eigenvalue weighted by molar-refractivity contribution is 5.84. The minimum Gasteiger partial charge on any atom is -0.508 e. The molecule has 2 N–H and O–H groups in total. The van der Waals surface area contributed by atoms with Crippen molar-refractivity contribution in [2.75, 3.05) is 39.4 Å². The monoisotopic (exact) mass is 368 g/mol. The predicted octanol–water partition coefficient (Wildman–Crippen LogP) is 2.56. The number of nitrogens with zero attached hydrogens (tertiary/aromatic N) is 1. The second kappa shape index (κ2) is 10.1. The summed E-state index contributed by atoms with van der Waals surface area (Å²) in [6, 6.07) is 17.0. The third kappa shape index (κ3) is 6.08. The highest BCUT2D eigenvalue weighted by Gasteiger charge is 2.21. The minimum atomic E-state index is -0.237. The van der Waals surface area contributed by atoms with Gasteiger partial charge in [0.25, 0.3) is 0 Å². The smallest absolute Gasteiger partial charge is 0.227 e. The average Bonchev–Trinajstić information content (AvgIpc) is 2.72. The molecule has 1 heterocycles. The lowest BCUT2D eigenvalue weighted by Crippen LogP contribution is -2.38. The zero-order valence-corrected chi connectivity index (χ0v) is 15.6. The molecule has 0 bridgehead atoms. The van der Waals surface area contributed by atoms with Gasteiger partial charge in [-0.25, -0.2) is 0 Å². The summed E-state index contributed by atoms with van der Waals surface area (Å²) in [6.07, 6.45) is 1.55. The summed E-state index contributed by atoms with van der Waals surface area (Å²) in [5, 5.41) is 12.6. The van der Waals surface area contributed by atoms with E-state index < -0.39 is 0 Å². The Hall–Kier alpha value is -2.37. The molecule has 0 radical (unpaired) electrons. The van der Waals surface area contributed by atoms with Crippen molar-refractivity contribution in [1.29, 1.82) is 0 Å². The fourth-order valence-electron chi connectivity index (χ4n) is 3.38. The Balaban J connectivity index is 1.56. The van der Waals surface area contributed by atoms with Gasteiger partial charge in [0.05, 0.1) is 19.1 Å². The van der Waals surface area contributed by atoms with Crippen molar-refractivity contribution < 1.29 is 14.6 Å². The molecule has 0 aliphatic carbocycles. The lowest BCUT2D eigenvalue weighted by atomic mass is 9.91. The molecule has 0 spiro atoms. The number of rotatable bonds is 8. The molecule has 144 valence electrons. The van der Waals surface area contributed by atoms with Gasteiger partial charge in [0, 0.05) is 19.6 Å². The molecular formula is C22H28N2O3. The van der Waals surface area contributed by atoms with E-state index in [0.717, 1.165) is 50.4 Å². The van der Waals surface area contributed by atoms with Gasteiger partial charge >= 0.3 is 0 Å². The van der Waals surface area contributed by atoms with Crippen LogP contribution in [0.1, 0.15) is 23.5 Å². The molecule has 2 aromatic carbocycles. The maximum Gasteiger partial charge on any atom is 0.227 e. The molecule has 3 rings (SSSR count). The van der Waals surface area contributed by atoms with Crippen LogP contribution in [0.15, 0.2) is 54.6 Å². The third-order valence-electron chi connectivity index (χ3n) is 4.95. The molecular weight excluding hydrogens is 340 g/mol. The van der Waals surface area contributed by atoms with Crippen LogP contribution in [0.5, 0.6) is 5.75 Å². The fourth-order valence-corrected chi connectivity index (χ4v) is 3.38. The van der Waals surface area contributed by atoms with Crippen LogP contribution in [0, 0.1) is 0 Å². The Morgan fingerprint density at radius 1 is 1.07 bits per heavy atom. The summed E-state index contributed by atoms with van der Waals surface area (Å²) in [5.74, 6) is 0.0537. The van der Waals surface area contributed by atoms with E-state index >= 15 is 0 Å². The van der Waals surface area contributed by atoms with Crippen LogP contribution >= 0.6 is 0 Å². The number of hydrogen-bond donors (Lipinski definition) is 2. The molecule has 0 saturated carbocycles. The van der Waals surface area contributed by atoms with Crippen molar-refractivity contribution in [2.24, 2.45) is 0 Å². The van der Waals surface area contributed by atoms with Gasteiger partial charge < -0.3 is 15.2 Å². The normalized spacial score (nSPS) is 16.0. The molecule has 0 aromatic heterocycles. The SMILES string of the molecule is O=C(NCCCN1CCOCC1)[C@@H](Cc1ccc(O)cc1)c1ccccc1. The number of phenols is 1. The van der Waals surface area contributed by atoms with E-state index in [1.165, 1.54) is 0 Å². The Bertz CT molecular complexity index is 697. The van der Waals surface area contributed by atoms with Crippen molar-refractivity contribution in [2.45, 2.75) is 18.8 Å². The van der Waals surface area contributed by atoms with Gasteiger partial charge in [-0.1, -0.05) is 42.5 Å². The molecule has 27 heavy (non-hydrogen) atoms. The maximum absolute atomic E-state index is 12.9. The molecule has 1 aliphatic rings. The van der Waals surface area contributed by atoms with Crippen LogP contribution in [0.25, 0.3) is 0 Å². The van der Waals surface area contributed by atoms with E-state index in [1.807, 2.05) is 42.5 Å². The van der Waals surface area contributed by atoms with Gasteiger partial charge in [0.15, 0.2) is 0 Å². The van der Waals surface area contributed by atoms with Crippen molar-refractivity contribution in [1.82, 2.24) is 10.2 Å². The van der Waals surface area contributed by atoms with Crippen molar-refractivity contribution in [3.8, 4) is 5.75 Å². The first-order chi connectivity index (χ1) is 13.2. The second-order valence-corrected chi connectivity index (χ2v) is 6.93. The Morgan fingerprint density at radius 3 is 2.48 bits per heavy atom. The number of amides is 1. The molecule has 1 fully saturated rings. The van der Waals surface area contributed by atoms with E-state index in [-0.39, 0.29) is 17.6 Å². The molecule has 1 amide bonds. The van der Waals surface area contributed by atoms with Crippen LogP contribution in [0.2, 0.25) is 0 Å². The number of morpholine rings is 1. The lowest BCUT2D eigenvalue weighted by molar-refractivity contribution is -0.122. The van der Waals surface area contributed by atoms with Gasteiger partial charge in [-0.3, -0.25) is 9.69 Å². The van der Waals surface area contributed by atoms with Crippen LogP contribution < -0.4 is 5.32 Å². The summed E-state index contributed by atoms with van der Waals surface area (Å²) in [6.45, 7) is 5.21. The van der Waals surface area contributed by atoms with E-state index in [9.17, 15) is 9.90 Å². The highest BCUT2D eigenvalue weighted by atomic mass is 16.5. The molecule has 5 nitrogen and oxygen atoms in total. The summed E-state index contributed by atoms with van der Waals surface area (Å²) >= 11 is 0.